The molecule has 2 atom stereocenters. The summed E-state index contributed by atoms with van der Waals surface area (Å²) in [5.74, 6) is 0.987. The van der Waals surface area contributed by atoms with Crippen LogP contribution in [0.3, 0.4) is 0 Å². The smallest absolute Gasteiger partial charge is 0.233 e. The number of amides is 1. The number of thioether (sulfide) groups is 1. The SMILES string of the molecule is C[C@H](Sc1nnc([C@@H]2CCS(=O)(=O)C2)n1C)C(=O)NC1CCCC1. The number of sulfone groups is 1. The van der Waals surface area contributed by atoms with Crippen LogP contribution in [0.1, 0.15) is 50.8 Å². The van der Waals surface area contributed by atoms with E-state index in [2.05, 4.69) is 15.5 Å². The normalized spacial score (nSPS) is 25.0. The zero-order valence-corrected chi connectivity index (χ0v) is 15.7. The molecule has 1 aromatic heterocycles. The van der Waals surface area contributed by atoms with Crippen molar-refractivity contribution < 1.29 is 13.2 Å². The third-order valence-corrected chi connectivity index (χ3v) is 7.72. The van der Waals surface area contributed by atoms with E-state index in [4.69, 9.17) is 0 Å². The fourth-order valence-corrected chi connectivity index (χ4v) is 5.95. The molecule has 1 N–H and O–H groups in total. The van der Waals surface area contributed by atoms with E-state index in [-0.39, 0.29) is 28.6 Å². The number of hydrogen-bond donors (Lipinski definition) is 1. The predicted octanol–water partition coefficient (Wildman–Crippen LogP) is 1.26. The highest BCUT2D eigenvalue weighted by Crippen LogP contribution is 2.30. The second-order valence-electron chi connectivity index (χ2n) is 6.75. The minimum absolute atomic E-state index is 0.0277. The molecule has 2 heterocycles. The highest BCUT2D eigenvalue weighted by atomic mass is 32.2. The van der Waals surface area contributed by atoms with Gasteiger partial charge in [0.25, 0.3) is 0 Å². The summed E-state index contributed by atoms with van der Waals surface area (Å²) < 4.78 is 25.1. The molecule has 1 aliphatic heterocycles. The van der Waals surface area contributed by atoms with Crippen molar-refractivity contribution in [2.45, 2.75) is 61.4 Å². The molecule has 0 bridgehead atoms. The molecule has 1 aliphatic carbocycles. The molecular formula is C15H24N4O3S2. The summed E-state index contributed by atoms with van der Waals surface area (Å²) in [6, 6.07) is 0.305. The van der Waals surface area contributed by atoms with E-state index >= 15 is 0 Å². The van der Waals surface area contributed by atoms with Crippen LogP contribution in [0.25, 0.3) is 0 Å². The van der Waals surface area contributed by atoms with E-state index in [9.17, 15) is 13.2 Å². The number of rotatable bonds is 5. The maximum Gasteiger partial charge on any atom is 0.233 e. The van der Waals surface area contributed by atoms with Crippen LogP contribution in [0, 0.1) is 0 Å². The van der Waals surface area contributed by atoms with Crippen LogP contribution in [0.4, 0.5) is 0 Å². The third-order valence-electron chi connectivity index (χ3n) is 4.82. The van der Waals surface area contributed by atoms with E-state index in [0.717, 1.165) is 12.8 Å². The van der Waals surface area contributed by atoms with Gasteiger partial charge in [0.1, 0.15) is 5.82 Å². The Morgan fingerprint density at radius 1 is 1.29 bits per heavy atom. The van der Waals surface area contributed by atoms with Crippen LogP contribution in [-0.4, -0.2) is 51.9 Å². The topological polar surface area (TPSA) is 93.9 Å². The van der Waals surface area contributed by atoms with Crippen LogP contribution in [0.2, 0.25) is 0 Å². The average molecular weight is 373 g/mol. The Hall–Kier alpha value is -1.09. The third kappa shape index (κ3) is 3.93. The number of nitrogens with one attached hydrogen (secondary N) is 1. The first kappa shape index (κ1) is 17.7. The molecule has 0 unspecified atom stereocenters. The summed E-state index contributed by atoms with van der Waals surface area (Å²) in [7, 11) is -1.12. The Labute approximate surface area is 146 Å². The van der Waals surface area contributed by atoms with Gasteiger partial charge in [0, 0.05) is 19.0 Å². The highest BCUT2D eigenvalue weighted by Gasteiger charge is 2.33. The molecule has 0 spiro atoms. The second-order valence-corrected chi connectivity index (χ2v) is 10.3. The minimum Gasteiger partial charge on any atom is -0.352 e. The fourth-order valence-electron chi connectivity index (χ4n) is 3.38. The molecule has 2 aliphatic rings. The molecule has 1 saturated carbocycles. The monoisotopic (exact) mass is 372 g/mol. The lowest BCUT2D eigenvalue weighted by Crippen LogP contribution is -2.37. The highest BCUT2D eigenvalue weighted by molar-refractivity contribution is 8.00. The Balaban J connectivity index is 1.62. The van der Waals surface area contributed by atoms with Crippen molar-refractivity contribution in [3.63, 3.8) is 0 Å². The molecule has 1 saturated heterocycles. The molecule has 24 heavy (non-hydrogen) atoms. The van der Waals surface area contributed by atoms with Crippen LogP contribution in [0.15, 0.2) is 5.16 Å². The van der Waals surface area contributed by atoms with Crippen molar-refractivity contribution in [2.75, 3.05) is 11.5 Å². The average Bonchev–Trinajstić information content (AvgIpc) is 3.22. The quantitative estimate of drug-likeness (QED) is 0.782. The summed E-state index contributed by atoms with van der Waals surface area (Å²) in [5.41, 5.74) is 0. The van der Waals surface area contributed by atoms with Crippen molar-refractivity contribution in [1.82, 2.24) is 20.1 Å². The van der Waals surface area contributed by atoms with E-state index < -0.39 is 9.84 Å². The van der Waals surface area contributed by atoms with E-state index in [0.29, 0.717) is 23.4 Å². The Kier molecular flexibility index (Phi) is 5.19. The van der Waals surface area contributed by atoms with Gasteiger partial charge < -0.3 is 9.88 Å². The van der Waals surface area contributed by atoms with Gasteiger partial charge in [-0.1, -0.05) is 24.6 Å². The Bertz CT molecular complexity index is 710. The van der Waals surface area contributed by atoms with Gasteiger partial charge in [-0.25, -0.2) is 8.42 Å². The maximum absolute atomic E-state index is 12.3. The zero-order valence-electron chi connectivity index (χ0n) is 14.1. The van der Waals surface area contributed by atoms with Gasteiger partial charge in [-0.05, 0) is 26.2 Å². The molecular weight excluding hydrogens is 348 g/mol. The molecule has 1 amide bonds. The summed E-state index contributed by atoms with van der Waals surface area (Å²) in [6.45, 7) is 1.86. The Morgan fingerprint density at radius 3 is 2.62 bits per heavy atom. The van der Waals surface area contributed by atoms with Gasteiger partial charge in [-0.15, -0.1) is 10.2 Å². The van der Waals surface area contributed by atoms with Crippen molar-refractivity contribution in [1.29, 1.82) is 0 Å². The molecule has 134 valence electrons. The Morgan fingerprint density at radius 2 is 2.00 bits per heavy atom. The zero-order chi connectivity index (χ0) is 17.3. The number of aromatic nitrogens is 3. The van der Waals surface area contributed by atoms with Crippen LogP contribution in [0.5, 0.6) is 0 Å². The van der Waals surface area contributed by atoms with Crippen molar-refractivity contribution in [2.24, 2.45) is 7.05 Å². The largest absolute Gasteiger partial charge is 0.352 e. The van der Waals surface area contributed by atoms with Gasteiger partial charge in [-0.2, -0.15) is 0 Å². The van der Waals surface area contributed by atoms with Crippen molar-refractivity contribution in [3.8, 4) is 0 Å². The van der Waals surface area contributed by atoms with Crippen molar-refractivity contribution in [3.05, 3.63) is 5.82 Å². The molecule has 0 aromatic carbocycles. The standard InChI is InChI=1S/C15H24N4O3S2/c1-10(14(20)16-12-5-3-4-6-12)23-15-18-17-13(19(15)2)11-7-8-24(21,22)9-11/h10-12H,3-9H2,1-2H3,(H,16,20)/t10-,11+/m0/s1. The number of hydrogen-bond acceptors (Lipinski definition) is 6. The van der Waals surface area contributed by atoms with E-state index in [1.165, 1.54) is 24.6 Å². The van der Waals surface area contributed by atoms with Crippen LogP contribution < -0.4 is 5.32 Å². The molecule has 0 radical (unpaired) electrons. The minimum atomic E-state index is -2.95. The molecule has 1 aromatic rings. The van der Waals surface area contributed by atoms with Gasteiger partial charge >= 0.3 is 0 Å². The summed E-state index contributed by atoms with van der Waals surface area (Å²) >= 11 is 1.37. The number of nitrogens with zero attached hydrogens (tertiary/aromatic N) is 3. The first-order chi connectivity index (χ1) is 11.4. The summed E-state index contributed by atoms with van der Waals surface area (Å²) in [6.07, 6.45) is 5.09. The van der Waals surface area contributed by atoms with Crippen LogP contribution >= 0.6 is 11.8 Å². The van der Waals surface area contributed by atoms with Gasteiger partial charge in [0.15, 0.2) is 15.0 Å². The van der Waals surface area contributed by atoms with E-state index in [1.807, 2.05) is 18.5 Å². The first-order valence-corrected chi connectivity index (χ1v) is 11.1. The molecule has 3 rings (SSSR count). The first-order valence-electron chi connectivity index (χ1n) is 8.42. The number of carbonyl (C=O) groups is 1. The molecule has 9 heteroatoms. The van der Waals surface area contributed by atoms with E-state index in [1.54, 1.807) is 0 Å². The number of carbonyl (C=O) groups excluding carboxylic acids is 1. The van der Waals surface area contributed by atoms with Crippen molar-refractivity contribution >= 4 is 27.5 Å². The van der Waals surface area contributed by atoms with Gasteiger partial charge in [-0.3, -0.25) is 4.79 Å². The fraction of sp³-hybridized carbons (Fsp3) is 0.800. The lowest BCUT2D eigenvalue weighted by molar-refractivity contribution is -0.120. The predicted molar refractivity (Wildman–Crippen MR) is 92.7 cm³/mol. The van der Waals surface area contributed by atoms with Crippen LogP contribution in [-0.2, 0) is 21.7 Å². The molecule has 7 nitrogen and oxygen atoms in total. The lowest BCUT2D eigenvalue weighted by atomic mass is 10.1. The van der Waals surface area contributed by atoms with Gasteiger partial charge in [0.2, 0.25) is 5.91 Å². The summed E-state index contributed by atoms with van der Waals surface area (Å²) in [4.78, 5) is 12.3. The molecule has 2 fully saturated rings. The maximum atomic E-state index is 12.3. The lowest BCUT2D eigenvalue weighted by Gasteiger charge is -2.16. The second kappa shape index (κ2) is 7.03. The summed E-state index contributed by atoms with van der Waals surface area (Å²) in [5, 5.41) is 11.8. The van der Waals surface area contributed by atoms with Gasteiger partial charge in [0.05, 0.1) is 16.8 Å².